The van der Waals surface area contributed by atoms with E-state index in [1.165, 1.54) is 18.5 Å². The van der Waals surface area contributed by atoms with Crippen LogP contribution in [0, 0.1) is 0 Å². The summed E-state index contributed by atoms with van der Waals surface area (Å²) in [6.07, 6.45) is 6.67. The zero-order valence-electron chi connectivity index (χ0n) is 16.0. The van der Waals surface area contributed by atoms with Gasteiger partial charge >= 0.3 is 7.48 Å². The Morgan fingerprint density at radius 2 is 1.76 bits per heavy atom. The number of piperazine rings is 1. The van der Waals surface area contributed by atoms with Gasteiger partial charge in [0, 0.05) is 37.9 Å². The molecule has 1 N–H and O–H groups in total. The molecule has 1 saturated heterocycles. The van der Waals surface area contributed by atoms with Gasteiger partial charge < -0.3 is 14.7 Å². The third-order valence-electron chi connectivity index (χ3n) is 5.98. The molecule has 0 atom stereocenters. The highest BCUT2D eigenvalue weighted by Crippen LogP contribution is 2.33. The zero-order valence-corrected chi connectivity index (χ0v) is 16.8. The lowest BCUT2D eigenvalue weighted by Crippen LogP contribution is -2.48. The number of hydrogen-bond acceptors (Lipinski definition) is 4. The second-order valence-electron chi connectivity index (χ2n) is 8.57. The average Bonchev–Trinajstić information content (AvgIpc) is 3.37. The summed E-state index contributed by atoms with van der Waals surface area (Å²) in [5.74, 6) is 0. The Labute approximate surface area is 158 Å². The fourth-order valence-corrected chi connectivity index (χ4v) is 3.62. The Morgan fingerprint density at radius 1 is 1.12 bits per heavy atom. The quantitative estimate of drug-likeness (QED) is 0.734. The molecule has 0 aromatic carbocycles. The molecule has 0 aromatic heterocycles. The molecule has 2 fully saturated rings. The molecule has 6 heteroatoms. The molecule has 0 aromatic rings. The maximum atomic E-state index is 10.2. The molecular weight excluding hydrogens is 334 g/mol. The summed E-state index contributed by atoms with van der Waals surface area (Å²) in [4.78, 5) is 5.07. The van der Waals surface area contributed by atoms with Crippen LogP contribution in [0.5, 0.6) is 0 Å². The lowest BCUT2D eigenvalue weighted by Gasteiger charge is -2.39. The average molecular weight is 366 g/mol. The van der Waals surface area contributed by atoms with Crippen LogP contribution >= 0.6 is 11.6 Å². The summed E-state index contributed by atoms with van der Waals surface area (Å²) in [6.45, 7) is 11.8. The van der Waals surface area contributed by atoms with E-state index in [0.29, 0.717) is 0 Å². The van der Waals surface area contributed by atoms with Crippen LogP contribution in [0.2, 0.25) is 0 Å². The van der Waals surface area contributed by atoms with Crippen LogP contribution in [0.25, 0.3) is 0 Å². The van der Waals surface area contributed by atoms with Crippen LogP contribution in [0.15, 0.2) is 22.3 Å². The van der Waals surface area contributed by atoms with Gasteiger partial charge in [0.15, 0.2) is 0 Å². The highest BCUT2D eigenvalue weighted by atomic mass is 35.5. The Bertz CT molecular complexity index is 556. The van der Waals surface area contributed by atoms with E-state index in [9.17, 15) is 5.11 Å². The van der Waals surface area contributed by atoms with E-state index >= 15 is 0 Å². The molecule has 0 spiro atoms. The molecule has 25 heavy (non-hydrogen) atoms. The van der Waals surface area contributed by atoms with E-state index in [4.69, 9.17) is 16.3 Å². The summed E-state index contributed by atoms with van der Waals surface area (Å²) in [7, 11) is 1.77. The summed E-state index contributed by atoms with van der Waals surface area (Å²) in [5.41, 5.74) is 0.799. The first kappa shape index (κ1) is 19.3. The fraction of sp³-hybridized carbons (Fsp3) is 0.789. The molecule has 1 saturated carbocycles. The zero-order chi connectivity index (χ0) is 18.2. The van der Waals surface area contributed by atoms with Crippen molar-refractivity contribution in [2.45, 2.75) is 70.6 Å². The summed E-state index contributed by atoms with van der Waals surface area (Å²) >= 11 is 6.58. The van der Waals surface area contributed by atoms with Crippen molar-refractivity contribution in [2.24, 2.45) is 0 Å². The third kappa shape index (κ3) is 4.62. The van der Waals surface area contributed by atoms with Gasteiger partial charge in [-0.3, -0.25) is 4.90 Å². The van der Waals surface area contributed by atoms with Crippen LogP contribution in [0.4, 0.5) is 0 Å². The summed E-state index contributed by atoms with van der Waals surface area (Å²) in [5, 5.41) is 11.0. The molecule has 0 bridgehead atoms. The maximum absolute atomic E-state index is 10.2. The van der Waals surface area contributed by atoms with Crippen molar-refractivity contribution in [2.75, 3.05) is 26.2 Å². The lowest BCUT2D eigenvalue weighted by atomic mass is 9.78. The van der Waals surface area contributed by atoms with Crippen molar-refractivity contribution < 1.29 is 9.76 Å². The second kappa shape index (κ2) is 7.26. The van der Waals surface area contributed by atoms with Crippen LogP contribution in [0.1, 0.15) is 53.4 Å². The van der Waals surface area contributed by atoms with E-state index < -0.39 is 11.2 Å². The van der Waals surface area contributed by atoms with Gasteiger partial charge in [0.1, 0.15) is 0 Å². The van der Waals surface area contributed by atoms with Gasteiger partial charge in [0.05, 0.1) is 16.2 Å². The molecule has 2 aliphatic carbocycles. The monoisotopic (exact) mass is 365 g/mol. The largest absolute Gasteiger partial charge is 0.427 e. The van der Waals surface area contributed by atoms with E-state index in [2.05, 4.69) is 9.80 Å². The smallest absolute Gasteiger partial charge is 0.326 e. The van der Waals surface area contributed by atoms with E-state index in [0.717, 1.165) is 55.6 Å². The Kier molecular flexibility index (Phi) is 5.60. The number of aliphatic hydroxyl groups is 1. The third-order valence-corrected chi connectivity index (χ3v) is 6.30. The van der Waals surface area contributed by atoms with Crippen LogP contribution < -0.4 is 0 Å². The molecule has 4 nitrogen and oxygen atoms in total. The number of halogens is 1. The van der Waals surface area contributed by atoms with Gasteiger partial charge in [0.2, 0.25) is 0 Å². The molecule has 1 radical (unpaired) electrons. The highest BCUT2D eigenvalue weighted by molar-refractivity contribution is 6.40. The minimum absolute atomic E-state index is 0.649. The minimum Gasteiger partial charge on any atom is -0.427 e. The molecule has 3 rings (SSSR count). The molecule has 139 valence electrons. The SMILES string of the molecule is CC(C)(O)C(C)(C)O[B]C1=CC(Cl)=C(N2CCN(C3CC3)CC2)CC1. The molecule has 0 unspecified atom stereocenters. The van der Waals surface area contributed by atoms with Crippen LogP contribution in [-0.2, 0) is 4.65 Å². The van der Waals surface area contributed by atoms with Gasteiger partial charge in [-0.2, -0.15) is 0 Å². The lowest BCUT2D eigenvalue weighted by molar-refractivity contribution is -0.0897. The van der Waals surface area contributed by atoms with Crippen molar-refractivity contribution in [3.8, 4) is 0 Å². The van der Waals surface area contributed by atoms with Gasteiger partial charge in [-0.1, -0.05) is 17.1 Å². The van der Waals surface area contributed by atoms with Crippen molar-refractivity contribution >= 4 is 19.1 Å². The van der Waals surface area contributed by atoms with E-state index in [1.807, 2.05) is 19.9 Å². The second-order valence-corrected chi connectivity index (χ2v) is 8.98. The van der Waals surface area contributed by atoms with Crippen LogP contribution in [0.3, 0.4) is 0 Å². The predicted molar refractivity (Wildman–Crippen MR) is 104 cm³/mol. The maximum Gasteiger partial charge on any atom is 0.326 e. The fourth-order valence-electron chi connectivity index (χ4n) is 3.27. The normalized spacial score (nSPS) is 23.8. The molecular formula is C19H31BClN2O2. The predicted octanol–water partition coefficient (Wildman–Crippen LogP) is 3.08. The molecule has 1 aliphatic heterocycles. The van der Waals surface area contributed by atoms with Gasteiger partial charge in [0.25, 0.3) is 0 Å². The van der Waals surface area contributed by atoms with E-state index in [-0.39, 0.29) is 0 Å². The molecule has 0 amide bonds. The highest BCUT2D eigenvalue weighted by Gasteiger charge is 2.36. The number of nitrogens with zero attached hydrogens (tertiary/aromatic N) is 2. The first-order valence-electron chi connectivity index (χ1n) is 9.49. The Balaban J connectivity index is 1.56. The molecule has 1 heterocycles. The number of hydrogen-bond donors (Lipinski definition) is 1. The van der Waals surface area contributed by atoms with Gasteiger partial charge in [-0.15, -0.1) is 0 Å². The Hall–Kier alpha value is -0.485. The number of allylic oxidation sites excluding steroid dienone is 4. The summed E-state index contributed by atoms with van der Waals surface area (Å²) < 4.78 is 5.87. The van der Waals surface area contributed by atoms with Gasteiger partial charge in [-0.25, -0.2) is 0 Å². The number of rotatable bonds is 6. The van der Waals surface area contributed by atoms with Crippen molar-refractivity contribution in [3.05, 3.63) is 22.3 Å². The summed E-state index contributed by atoms with van der Waals surface area (Å²) in [6, 6.07) is 0.857. The standard InChI is InChI=1S/C19H31BClN2O2/c1-18(2,24)19(3,4)25-20-14-5-8-17(16(21)13-14)23-11-9-22(10-12-23)15-6-7-15/h13,15,24H,5-12H2,1-4H3. The minimum atomic E-state index is -0.912. The topological polar surface area (TPSA) is 35.9 Å². The van der Waals surface area contributed by atoms with Crippen molar-refractivity contribution in [1.29, 1.82) is 0 Å². The first-order valence-corrected chi connectivity index (χ1v) is 9.87. The Morgan fingerprint density at radius 3 is 2.28 bits per heavy atom. The molecule has 3 aliphatic rings. The van der Waals surface area contributed by atoms with Crippen molar-refractivity contribution in [3.63, 3.8) is 0 Å². The van der Waals surface area contributed by atoms with Crippen molar-refractivity contribution in [1.82, 2.24) is 9.80 Å². The van der Waals surface area contributed by atoms with Gasteiger partial charge in [-0.05, 0) is 59.5 Å². The van der Waals surface area contributed by atoms with E-state index in [1.54, 1.807) is 21.3 Å². The van der Waals surface area contributed by atoms with Crippen LogP contribution in [-0.4, -0.2) is 65.8 Å². The first-order chi connectivity index (χ1) is 11.7.